The van der Waals surface area contributed by atoms with Crippen LogP contribution in [0, 0.1) is 5.82 Å². The third-order valence-corrected chi connectivity index (χ3v) is 6.90. The summed E-state index contributed by atoms with van der Waals surface area (Å²) >= 11 is 6.54. The molecule has 3 aromatic carbocycles. The zero-order chi connectivity index (χ0) is 25.8. The summed E-state index contributed by atoms with van der Waals surface area (Å²) in [5, 5.41) is 5.44. The molecule has 0 aliphatic heterocycles. The van der Waals surface area contributed by atoms with E-state index in [0.717, 1.165) is 31.2 Å². The van der Waals surface area contributed by atoms with Gasteiger partial charge in [-0.25, -0.2) is 9.37 Å². The van der Waals surface area contributed by atoms with Gasteiger partial charge in [-0.3, -0.25) is 4.79 Å². The first kappa shape index (κ1) is 25.0. The lowest BCUT2D eigenvalue weighted by atomic mass is 9.88. The van der Waals surface area contributed by atoms with E-state index in [1.165, 1.54) is 30.3 Å². The fraction of sp³-hybridized carbons (Fsp3) is 0.276. The number of rotatable bonds is 7. The zero-order valence-electron chi connectivity index (χ0n) is 20.5. The Morgan fingerprint density at radius 3 is 2.62 bits per heavy atom. The van der Waals surface area contributed by atoms with Gasteiger partial charge < -0.3 is 9.47 Å². The maximum Gasteiger partial charge on any atom is 0.282 e. The van der Waals surface area contributed by atoms with E-state index in [-0.39, 0.29) is 23.9 Å². The molecule has 37 heavy (non-hydrogen) atoms. The highest BCUT2D eigenvalue weighted by atomic mass is 35.5. The summed E-state index contributed by atoms with van der Waals surface area (Å²) < 4.78 is 26.0. The fourth-order valence-electron chi connectivity index (χ4n) is 4.69. The fourth-order valence-corrected chi connectivity index (χ4v) is 4.97. The molecule has 0 bridgehead atoms. The van der Waals surface area contributed by atoms with Crippen molar-refractivity contribution in [1.29, 1.82) is 0 Å². The van der Waals surface area contributed by atoms with Crippen molar-refractivity contribution >= 4 is 28.7 Å². The molecule has 1 heterocycles. The number of hydrogen-bond donors (Lipinski definition) is 0. The van der Waals surface area contributed by atoms with Crippen molar-refractivity contribution in [2.24, 2.45) is 5.10 Å². The van der Waals surface area contributed by atoms with Crippen molar-refractivity contribution < 1.29 is 13.9 Å². The number of nitrogens with zero attached hydrogens (tertiary/aromatic N) is 3. The maximum absolute atomic E-state index is 13.4. The van der Waals surface area contributed by atoms with Crippen LogP contribution in [-0.4, -0.2) is 23.0 Å². The number of para-hydroxylation sites is 1. The number of methoxy groups -OCH3 is 1. The lowest BCUT2D eigenvalue weighted by Crippen LogP contribution is -2.25. The number of hydrogen-bond acceptors (Lipinski definition) is 5. The molecule has 5 rings (SSSR count). The molecule has 1 aliphatic carbocycles. The molecule has 1 fully saturated rings. The number of aromatic nitrogens is 2. The third kappa shape index (κ3) is 5.52. The van der Waals surface area contributed by atoms with E-state index >= 15 is 0 Å². The molecule has 6 nitrogen and oxygen atoms in total. The van der Waals surface area contributed by atoms with Crippen molar-refractivity contribution in [3.8, 4) is 11.5 Å². The summed E-state index contributed by atoms with van der Waals surface area (Å²) in [7, 11) is 1.52. The summed E-state index contributed by atoms with van der Waals surface area (Å²) in [6, 6.07) is 16.9. The van der Waals surface area contributed by atoms with Crippen LogP contribution in [0.2, 0.25) is 5.02 Å². The number of halogens is 2. The van der Waals surface area contributed by atoms with Crippen LogP contribution < -0.4 is 15.0 Å². The smallest absolute Gasteiger partial charge is 0.282 e. The van der Waals surface area contributed by atoms with Crippen LogP contribution >= 0.6 is 11.6 Å². The van der Waals surface area contributed by atoms with Gasteiger partial charge in [0.15, 0.2) is 11.5 Å². The topological polar surface area (TPSA) is 65.7 Å². The quantitative estimate of drug-likeness (QED) is 0.255. The van der Waals surface area contributed by atoms with Crippen LogP contribution in [0.3, 0.4) is 0 Å². The molecule has 1 aliphatic rings. The number of fused-ring (bicyclic) bond motifs is 1. The summed E-state index contributed by atoms with van der Waals surface area (Å²) in [6.45, 7) is 0.201. The molecule has 190 valence electrons. The van der Waals surface area contributed by atoms with Crippen molar-refractivity contribution in [2.45, 2.75) is 44.6 Å². The van der Waals surface area contributed by atoms with Crippen LogP contribution in [-0.2, 0) is 6.61 Å². The van der Waals surface area contributed by atoms with E-state index in [1.54, 1.807) is 36.5 Å². The highest BCUT2D eigenvalue weighted by molar-refractivity contribution is 6.32. The maximum atomic E-state index is 13.4. The van der Waals surface area contributed by atoms with Gasteiger partial charge >= 0.3 is 0 Å². The summed E-state index contributed by atoms with van der Waals surface area (Å²) in [6.07, 6.45) is 6.99. The van der Waals surface area contributed by atoms with Gasteiger partial charge in [-0.2, -0.15) is 9.78 Å². The van der Waals surface area contributed by atoms with E-state index in [0.29, 0.717) is 38.8 Å². The van der Waals surface area contributed by atoms with Gasteiger partial charge in [-0.15, -0.1) is 0 Å². The van der Waals surface area contributed by atoms with Gasteiger partial charge in [-0.1, -0.05) is 55.1 Å². The van der Waals surface area contributed by atoms with E-state index in [4.69, 9.17) is 26.1 Å². The van der Waals surface area contributed by atoms with E-state index in [9.17, 15) is 9.18 Å². The van der Waals surface area contributed by atoms with Gasteiger partial charge in [0, 0.05) is 5.92 Å². The highest BCUT2D eigenvalue weighted by Gasteiger charge is 2.22. The van der Waals surface area contributed by atoms with Gasteiger partial charge in [0.25, 0.3) is 5.56 Å². The van der Waals surface area contributed by atoms with Crippen molar-refractivity contribution in [1.82, 2.24) is 9.66 Å². The van der Waals surface area contributed by atoms with Crippen LogP contribution in [0.4, 0.5) is 4.39 Å². The molecule has 0 spiro atoms. The van der Waals surface area contributed by atoms with Gasteiger partial charge in [0.1, 0.15) is 18.2 Å². The minimum absolute atomic E-state index is 0.184. The van der Waals surface area contributed by atoms with Crippen LogP contribution in [0.1, 0.15) is 55.0 Å². The molecule has 0 amide bonds. The molecule has 0 saturated heterocycles. The highest BCUT2D eigenvalue weighted by Crippen LogP contribution is 2.37. The Labute approximate surface area is 219 Å². The molecule has 0 unspecified atom stereocenters. The second-order valence-corrected chi connectivity index (χ2v) is 9.54. The van der Waals surface area contributed by atoms with E-state index in [2.05, 4.69) is 5.10 Å². The van der Waals surface area contributed by atoms with Crippen molar-refractivity contribution in [3.05, 3.63) is 98.8 Å². The Morgan fingerprint density at radius 2 is 1.86 bits per heavy atom. The summed E-state index contributed by atoms with van der Waals surface area (Å²) in [5.74, 6) is 1.36. The monoisotopic (exact) mass is 519 g/mol. The van der Waals surface area contributed by atoms with Crippen LogP contribution in [0.5, 0.6) is 11.5 Å². The lowest BCUT2D eigenvalue weighted by molar-refractivity contribution is 0.284. The molecule has 4 aromatic rings. The van der Waals surface area contributed by atoms with Gasteiger partial charge in [0.2, 0.25) is 0 Å². The Hall–Kier alpha value is -3.71. The van der Waals surface area contributed by atoms with Gasteiger partial charge in [-0.05, 0) is 60.4 Å². The minimum Gasteiger partial charge on any atom is -0.493 e. The molecule has 8 heteroatoms. The van der Waals surface area contributed by atoms with E-state index < -0.39 is 0 Å². The zero-order valence-corrected chi connectivity index (χ0v) is 21.2. The molecule has 1 aromatic heterocycles. The molecule has 0 radical (unpaired) electrons. The number of benzene rings is 3. The molecule has 1 saturated carbocycles. The normalized spacial score (nSPS) is 14.4. The Morgan fingerprint density at radius 1 is 1.11 bits per heavy atom. The first-order valence-corrected chi connectivity index (χ1v) is 12.7. The first-order chi connectivity index (χ1) is 18.0. The van der Waals surface area contributed by atoms with Crippen LogP contribution in [0.25, 0.3) is 10.9 Å². The Kier molecular flexibility index (Phi) is 7.51. The van der Waals surface area contributed by atoms with Crippen molar-refractivity contribution in [2.75, 3.05) is 7.11 Å². The predicted octanol–water partition coefficient (Wildman–Crippen LogP) is 6.71. The van der Waals surface area contributed by atoms with Crippen molar-refractivity contribution in [3.63, 3.8) is 0 Å². The average Bonchev–Trinajstić information content (AvgIpc) is 2.93. The Balaban J connectivity index is 1.47. The van der Waals surface area contributed by atoms with E-state index in [1.807, 2.05) is 18.2 Å². The molecular weight excluding hydrogens is 493 g/mol. The minimum atomic E-state index is -0.310. The molecule has 0 N–H and O–H groups in total. The Bertz CT molecular complexity index is 1500. The molecule has 0 atom stereocenters. The first-order valence-electron chi connectivity index (χ1n) is 12.3. The summed E-state index contributed by atoms with van der Waals surface area (Å²) in [4.78, 5) is 18.3. The second kappa shape index (κ2) is 11.1. The lowest BCUT2D eigenvalue weighted by Gasteiger charge is -2.22. The summed E-state index contributed by atoms with van der Waals surface area (Å²) in [5.41, 5.74) is 1.93. The average molecular weight is 520 g/mol. The predicted molar refractivity (Wildman–Crippen MR) is 144 cm³/mol. The third-order valence-electron chi connectivity index (χ3n) is 6.62. The largest absolute Gasteiger partial charge is 0.493 e. The molecular formula is C29H27ClFN3O3. The standard InChI is InChI=1S/C29H27ClFN3O3/c1-36-26-16-20(15-24(30)27(26)37-18-19-11-13-22(31)14-12-19)17-32-34-28(21-7-3-2-4-8-21)33-25-10-6-5-9-23(25)29(34)35/h5-6,9-17,21H,2-4,7-8,18H2,1H3. The second-order valence-electron chi connectivity index (χ2n) is 9.13. The van der Waals surface area contributed by atoms with Crippen LogP contribution in [0.15, 0.2) is 70.6 Å². The SMILES string of the molecule is COc1cc(C=Nn2c(C3CCCCC3)nc3ccccc3c2=O)cc(Cl)c1OCc1ccc(F)cc1. The number of ether oxygens (including phenoxy) is 2. The van der Waals surface area contributed by atoms with Gasteiger partial charge in [0.05, 0.1) is 29.2 Å².